The molecule has 1 aliphatic carbocycles. The first-order valence-corrected chi connectivity index (χ1v) is 8.98. The third-order valence-electron chi connectivity index (χ3n) is 4.18. The van der Waals surface area contributed by atoms with Crippen LogP contribution in [0.15, 0.2) is 0 Å². The van der Waals surface area contributed by atoms with Gasteiger partial charge in [0, 0.05) is 24.6 Å². The molecule has 2 aliphatic rings. The summed E-state index contributed by atoms with van der Waals surface area (Å²) in [5.41, 5.74) is 1.01. The van der Waals surface area contributed by atoms with Crippen molar-refractivity contribution in [1.82, 2.24) is 9.88 Å². The Labute approximate surface area is 136 Å². The van der Waals surface area contributed by atoms with E-state index in [0.717, 1.165) is 44.1 Å². The second-order valence-electron chi connectivity index (χ2n) is 6.82. The van der Waals surface area contributed by atoms with E-state index in [0.29, 0.717) is 6.54 Å². The van der Waals surface area contributed by atoms with Crippen LogP contribution in [0.5, 0.6) is 0 Å². The zero-order valence-corrected chi connectivity index (χ0v) is 14.3. The zero-order chi connectivity index (χ0) is 15.6. The van der Waals surface area contributed by atoms with Gasteiger partial charge in [0.05, 0.1) is 17.8 Å². The summed E-state index contributed by atoms with van der Waals surface area (Å²) in [5.74, 6) is 0.0313. The molecule has 22 heavy (non-hydrogen) atoms. The van der Waals surface area contributed by atoms with Crippen molar-refractivity contribution in [2.75, 3.05) is 31.6 Å². The lowest BCUT2D eigenvalue weighted by molar-refractivity contribution is -0.117. The molecule has 0 atom stereocenters. The van der Waals surface area contributed by atoms with Crippen molar-refractivity contribution in [1.29, 1.82) is 0 Å². The Morgan fingerprint density at radius 2 is 2.18 bits per heavy atom. The predicted octanol–water partition coefficient (Wildman–Crippen LogP) is 2.46. The molecule has 1 aromatic rings. The van der Waals surface area contributed by atoms with Gasteiger partial charge in [-0.05, 0) is 46.0 Å². The zero-order valence-electron chi connectivity index (χ0n) is 13.5. The Balaban J connectivity index is 1.56. The number of carbonyl (C=O) groups excluding carboxylic acids is 1. The molecule has 2 heterocycles. The number of ether oxygens (including phenoxy) is 1. The third kappa shape index (κ3) is 4.06. The molecule has 0 spiro atoms. The summed E-state index contributed by atoms with van der Waals surface area (Å²) in [6, 6.07) is 0. The van der Waals surface area contributed by atoms with Gasteiger partial charge in [-0.25, -0.2) is 4.98 Å². The summed E-state index contributed by atoms with van der Waals surface area (Å²) < 4.78 is 5.79. The maximum Gasteiger partial charge on any atom is 0.240 e. The topological polar surface area (TPSA) is 54.5 Å². The van der Waals surface area contributed by atoms with Gasteiger partial charge >= 0.3 is 0 Å². The highest BCUT2D eigenvalue weighted by Gasteiger charge is 2.26. The fourth-order valence-corrected chi connectivity index (χ4v) is 4.27. The van der Waals surface area contributed by atoms with Crippen LogP contribution in [0, 0.1) is 0 Å². The Hall–Kier alpha value is -0.980. The van der Waals surface area contributed by atoms with Crippen molar-refractivity contribution in [3.8, 4) is 0 Å². The van der Waals surface area contributed by atoms with Crippen LogP contribution in [0.4, 0.5) is 5.13 Å². The van der Waals surface area contributed by atoms with E-state index in [4.69, 9.17) is 4.74 Å². The molecular weight excluding hydrogens is 298 g/mol. The SMILES string of the molecule is CC1(C)CN(CC(=O)Nc2nc3c(s2)CCCC3)CCCO1. The number of anilines is 1. The highest BCUT2D eigenvalue weighted by Crippen LogP contribution is 2.29. The summed E-state index contributed by atoms with van der Waals surface area (Å²) in [6.45, 7) is 7.04. The van der Waals surface area contributed by atoms with Crippen LogP contribution < -0.4 is 5.32 Å². The number of fused-ring (bicyclic) bond motifs is 1. The molecule has 1 saturated heterocycles. The molecule has 5 nitrogen and oxygen atoms in total. The second kappa shape index (κ2) is 6.64. The molecule has 1 amide bonds. The molecule has 1 aromatic heterocycles. The van der Waals surface area contributed by atoms with Gasteiger partial charge in [-0.2, -0.15) is 0 Å². The molecule has 1 fully saturated rings. The number of aryl methyl sites for hydroxylation is 2. The first kappa shape index (κ1) is 15.9. The van der Waals surface area contributed by atoms with Gasteiger partial charge in [0.25, 0.3) is 0 Å². The van der Waals surface area contributed by atoms with Gasteiger partial charge in [-0.3, -0.25) is 9.69 Å². The van der Waals surface area contributed by atoms with E-state index in [1.807, 2.05) is 0 Å². The Bertz CT molecular complexity index is 518. The second-order valence-corrected chi connectivity index (χ2v) is 7.90. The van der Waals surface area contributed by atoms with Crippen molar-refractivity contribution in [3.63, 3.8) is 0 Å². The number of aromatic nitrogens is 1. The minimum absolute atomic E-state index is 0.0313. The molecule has 6 heteroatoms. The van der Waals surface area contributed by atoms with E-state index in [2.05, 4.69) is 29.0 Å². The van der Waals surface area contributed by atoms with Crippen LogP contribution in [0.3, 0.4) is 0 Å². The average Bonchev–Trinajstić information content (AvgIpc) is 2.76. The lowest BCUT2D eigenvalue weighted by Gasteiger charge is -2.28. The maximum atomic E-state index is 12.3. The molecule has 0 bridgehead atoms. The van der Waals surface area contributed by atoms with Gasteiger partial charge in [0.15, 0.2) is 5.13 Å². The fourth-order valence-electron chi connectivity index (χ4n) is 3.20. The van der Waals surface area contributed by atoms with Crippen LogP contribution in [0.25, 0.3) is 0 Å². The van der Waals surface area contributed by atoms with Crippen molar-refractivity contribution in [2.45, 2.75) is 51.6 Å². The Kier molecular flexibility index (Phi) is 4.80. The number of carbonyl (C=O) groups is 1. The highest BCUT2D eigenvalue weighted by atomic mass is 32.1. The smallest absolute Gasteiger partial charge is 0.240 e. The van der Waals surface area contributed by atoms with Gasteiger partial charge in [0.2, 0.25) is 5.91 Å². The predicted molar refractivity (Wildman–Crippen MR) is 88.5 cm³/mol. The molecule has 0 unspecified atom stereocenters. The fraction of sp³-hybridized carbons (Fsp3) is 0.750. The number of amides is 1. The number of nitrogens with zero attached hydrogens (tertiary/aromatic N) is 2. The van der Waals surface area contributed by atoms with Crippen molar-refractivity contribution in [3.05, 3.63) is 10.6 Å². The number of nitrogens with one attached hydrogen (secondary N) is 1. The highest BCUT2D eigenvalue weighted by molar-refractivity contribution is 7.15. The lowest BCUT2D eigenvalue weighted by Crippen LogP contribution is -2.42. The molecule has 1 N–H and O–H groups in total. The van der Waals surface area contributed by atoms with E-state index in [1.54, 1.807) is 11.3 Å². The van der Waals surface area contributed by atoms with Gasteiger partial charge in [-0.1, -0.05) is 0 Å². The Morgan fingerprint density at radius 1 is 1.36 bits per heavy atom. The summed E-state index contributed by atoms with van der Waals surface area (Å²) in [4.78, 5) is 20.4. The first-order chi connectivity index (χ1) is 10.5. The van der Waals surface area contributed by atoms with Gasteiger partial charge < -0.3 is 10.1 Å². The van der Waals surface area contributed by atoms with Crippen molar-refractivity contribution in [2.24, 2.45) is 0 Å². The maximum absolute atomic E-state index is 12.3. The molecule has 0 aromatic carbocycles. The number of thiazole rings is 1. The average molecular weight is 323 g/mol. The number of rotatable bonds is 3. The van der Waals surface area contributed by atoms with E-state index < -0.39 is 0 Å². The minimum Gasteiger partial charge on any atom is -0.374 e. The van der Waals surface area contributed by atoms with Gasteiger partial charge in [0.1, 0.15) is 0 Å². The van der Waals surface area contributed by atoms with Crippen LogP contribution in [0.1, 0.15) is 43.7 Å². The van der Waals surface area contributed by atoms with Crippen molar-refractivity contribution < 1.29 is 9.53 Å². The molecular formula is C16H25N3O2S. The van der Waals surface area contributed by atoms with Crippen LogP contribution in [0.2, 0.25) is 0 Å². The molecule has 1 aliphatic heterocycles. The number of hydrogen-bond acceptors (Lipinski definition) is 5. The quantitative estimate of drug-likeness (QED) is 0.928. The summed E-state index contributed by atoms with van der Waals surface area (Å²) >= 11 is 1.64. The summed E-state index contributed by atoms with van der Waals surface area (Å²) in [7, 11) is 0. The van der Waals surface area contributed by atoms with E-state index in [1.165, 1.54) is 23.4 Å². The van der Waals surface area contributed by atoms with Crippen molar-refractivity contribution >= 4 is 22.4 Å². The normalized spacial score (nSPS) is 21.9. The lowest BCUT2D eigenvalue weighted by atomic mass is 10.0. The van der Waals surface area contributed by atoms with E-state index >= 15 is 0 Å². The van der Waals surface area contributed by atoms with E-state index in [-0.39, 0.29) is 11.5 Å². The number of hydrogen-bond donors (Lipinski definition) is 1. The summed E-state index contributed by atoms with van der Waals surface area (Å²) in [6.07, 6.45) is 5.60. The first-order valence-electron chi connectivity index (χ1n) is 8.17. The standard InChI is InChI=1S/C16H25N3O2S/c1-16(2)11-19(8-5-9-21-16)10-14(20)18-15-17-12-6-3-4-7-13(12)22-15/h3-11H2,1-2H3,(H,17,18,20). The van der Waals surface area contributed by atoms with Crippen LogP contribution in [-0.2, 0) is 22.4 Å². The van der Waals surface area contributed by atoms with Crippen LogP contribution in [-0.4, -0.2) is 47.6 Å². The molecule has 3 rings (SSSR count). The third-order valence-corrected chi connectivity index (χ3v) is 5.25. The van der Waals surface area contributed by atoms with Gasteiger partial charge in [-0.15, -0.1) is 11.3 Å². The monoisotopic (exact) mass is 323 g/mol. The largest absolute Gasteiger partial charge is 0.374 e. The summed E-state index contributed by atoms with van der Waals surface area (Å²) in [5, 5.41) is 3.75. The molecule has 0 saturated carbocycles. The van der Waals surface area contributed by atoms with E-state index in [9.17, 15) is 4.79 Å². The van der Waals surface area contributed by atoms with Crippen LogP contribution >= 0.6 is 11.3 Å². The molecule has 0 radical (unpaired) electrons. The minimum atomic E-state index is -0.183. The Morgan fingerprint density at radius 3 is 3.00 bits per heavy atom. The molecule has 122 valence electrons.